The molecule has 1 unspecified atom stereocenters. The Kier molecular flexibility index (Phi) is 5.33. The zero-order valence-electron chi connectivity index (χ0n) is 18.9. The number of ketones is 2. The van der Waals surface area contributed by atoms with Crippen LogP contribution in [0.5, 0.6) is 0 Å². The lowest BCUT2D eigenvalue weighted by Crippen LogP contribution is -2.29. The molecule has 0 amide bonds. The van der Waals surface area contributed by atoms with Crippen LogP contribution in [0.15, 0.2) is 71.8 Å². The van der Waals surface area contributed by atoms with Gasteiger partial charge < -0.3 is 0 Å². The maximum Gasteiger partial charge on any atom is 0.189 e. The Morgan fingerprint density at radius 3 is 2.59 bits per heavy atom. The van der Waals surface area contributed by atoms with Crippen molar-refractivity contribution in [3.63, 3.8) is 0 Å². The van der Waals surface area contributed by atoms with Gasteiger partial charge in [-0.1, -0.05) is 49.1 Å². The van der Waals surface area contributed by atoms with Crippen molar-refractivity contribution < 1.29 is 9.59 Å². The molecule has 1 atom stereocenters. The van der Waals surface area contributed by atoms with Crippen LogP contribution in [0, 0.1) is 5.92 Å². The topological polar surface area (TPSA) is 34.1 Å². The third kappa shape index (κ3) is 3.72. The molecule has 0 aliphatic heterocycles. The average Bonchev–Trinajstić information content (AvgIpc) is 2.81. The molecule has 0 spiro atoms. The van der Waals surface area contributed by atoms with Crippen molar-refractivity contribution in [2.45, 2.75) is 58.3 Å². The quantitative estimate of drug-likeness (QED) is 0.331. The Hall–Kier alpha value is -3.00. The highest BCUT2D eigenvalue weighted by Crippen LogP contribution is 2.40. The second kappa shape index (κ2) is 8.16. The van der Waals surface area contributed by atoms with E-state index in [9.17, 15) is 9.59 Å². The third-order valence-electron chi connectivity index (χ3n) is 7.64. The van der Waals surface area contributed by atoms with Crippen LogP contribution in [-0.4, -0.2) is 11.6 Å². The number of hydrogen-bond acceptors (Lipinski definition) is 2. The normalized spacial score (nSPS) is 20.0. The summed E-state index contributed by atoms with van der Waals surface area (Å²) in [5.41, 5.74) is 11.5. The molecule has 0 saturated carbocycles. The molecule has 3 aliphatic rings. The molecule has 0 heterocycles. The van der Waals surface area contributed by atoms with Crippen LogP contribution in [0.4, 0.5) is 0 Å². The van der Waals surface area contributed by atoms with E-state index in [1.165, 1.54) is 33.4 Å². The van der Waals surface area contributed by atoms with Crippen molar-refractivity contribution in [1.82, 2.24) is 0 Å². The highest BCUT2D eigenvalue weighted by Gasteiger charge is 2.35. The van der Waals surface area contributed by atoms with E-state index in [0.29, 0.717) is 17.9 Å². The van der Waals surface area contributed by atoms with Gasteiger partial charge in [-0.05, 0) is 97.2 Å². The predicted molar refractivity (Wildman–Crippen MR) is 129 cm³/mol. The predicted octanol–water partition coefficient (Wildman–Crippen LogP) is 6.11. The van der Waals surface area contributed by atoms with Gasteiger partial charge in [-0.25, -0.2) is 0 Å². The van der Waals surface area contributed by atoms with Crippen LogP contribution in [0.1, 0.15) is 64.4 Å². The first-order valence-electron chi connectivity index (χ1n) is 11.8. The summed E-state index contributed by atoms with van der Waals surface area (Å²) in [5, 5.41) is 0. The van der Waals surface area contributed by atoms with E-state index >= 15 is 0 Å². The fourth-order valence-corrected chi connectivity index (χ4v) is 5.58. The first-order chi connectivity index (χ1) is 15.4. The van der Waals surface area contributed by atoms with Gasteiger partial charge in [-0.3, -0.25) is 9.59 Å². The molecular weight excluding hydrogens is 392 g/mol. The zero-order valence-corrected chi connectivity index (χ0v) is 18.9. The Labute approximate surface area is 190 Å². The maximum absolute atomic E-state index is 12.9. The van der Waals surface area contributed by atoms with Gasteiger partial charge >= 0.3 is 0 Å². The van der Waals surface area contributed by atoms with E-state index in [1.807, 2.05) is 13.0 Å². The number of fused-ring (bicyclic) bond motifs is 2. The zero-order chi connectivity index (χ0) is 22.4. The number of aryl methyl sites for hydroxylation is 3. The van der Waals surface area contributed by atoms with Gasteiger partial charge in [0.25, 0.3) is 0 Å². The minimum absolute atomic E-state index is 0.159. The molecule has 0 fully saturated rings. The van der Waals surface area contributed by atoms with Crippen molar-refractivity contribution in [3.8, 4) is 0 Å². The van der Waals surface area contributed by atoms with Crippen LogP contribution in [0.2, 0.25) is 0 Å². The SMILES string of the molecule is C=C1CCc2cc(C(=O)CCc3ccc4c(c3)CC(C3=C(C)C(=C)C3=O)CC4)ccc2C1. The van der Waals surface area contributed by atoms with E-state index in [-0.39, 0.29) is 11.6 Å². The Bertz CT molecular complexity index is 1210. The summed E-state index contributed by atoms with van der Waals surface area (Å²) in [6, 6.07) is 12.9. The Morgan fingerprint density at radius 2 is 1.78 bits per heavy atom. The molecule has 2 aromatic rings. The average molecular weight is 423 g/mol. The summed E-state index contributed by atoms with van der Waals surface area (Å²) in [6.45, 7) is 10.0. The molecule has 0 aromatic heterocycles. The largest absolute Gasteiger partial charge is 0.294 e. The number of allylic oxidation sites excluding steroid dienone is 4. The monoisotopic (exact) mass is 422 g/mol. The smallest absolute Gasteiger partial charge is 0.189 e. The maximum atomic E-state index is 12.9. The van der Waals surface area contributed by atoms with Crippen LogP contribution in [-0.2, 0) is 36.9 Å². The number of carbonyl (C=O) groups is 2. The first-order valence-corrected chi connectivity index (χ1v) is 11.8. The minimum atomic E-state index is 0.159. The van der Waals surface area contributed by atoms with Gasteiger partial charge in [0.05, 0.1) is 0 Å². The lowest BCUT2D eigenvalue weighted by atomic mass is 9.70. The van der Waals surface area contributed by atoms with Crippen LogP contribution in [0.25, 0.3) is 0 Å². The summed E-state index contributed by atoms with van der Waals surface area (Å²) in [7, 11) is 0. The van der Waals surface area contributed by atoms with Crippen molar-refractivity contribution in [2.75, 3.05) is 0 Å². The highest BCUT2D eigenvalue weighted by atomic mass is 16.1. The van der Waals surface area contributed by atoms with E-state index in [4.69, 9.17) is 0 Å². The van der Waals surface area contributed by atoms with E-state index in [1.54, 1.807) is 0 Å². The molecule has 0 bridgehead atoms. The van der Waals surface area contributed by atoms with Gasteiger partial charge in [0.1, 0.15) is 0 Å². The molecule has 5 rings (SSSR count). The van der Waals surface area contributed by atoms with Gasteiger partial charge in [0, 0.05) is 23.1 Å². The fourth-order valence-electron chi connectivity index (χ4n) is 5.58. The lowest BCUT2D eigenvalue weighted by molar-refractivity contribution is -0.113. The summed E-state index contributed by atoms with van der Waals surface area (Å²) in [5.74, 6) is 0.683. The first kappa shape index (κ1) is 20.9. The van der Waals surface area contributed by atoms with Crippen molar-refractivity contribution in [3.05, 3.63) is 105 Å². The molecule has 0 radical (unpaired) electrons. The summed E-state index contributed by atoms with van der Waals surface area (Å²) < 4.78 is 0. The Balaban J connectivity index is 1.26. The van der Waals surface area contributed by atoms with E-state index in [2.05, 4.69) is 43.5 Å². The molecule has 2 aromatic carbocycles. The second-order valence-corrected chi connectivity index (χ2v) is 9.72. The molecule has 32 heavy (non-hydrogen) atoms. The third-order valence-corrected chi connectivity index (χ3v) is 7.64. The number of benzene rings is 2. The van der Waals surface area contributed by atoms with Crippen LogP contribution >= 0.6 is 0 Å². The van der Waals surface area contributed by atoms with Crippen LogP contribution in [0.3, 0.4) is 0 Å². The number of hydrogen-bond donors (Lipinski definition) is 0. The molecule has 162 valence electrons. The molecule has 0 N–H and O–H groups in total. The van der Waals surface area contributed by atoms with Crippen molar-refractivity contribution in [2.24, 2.45) is 5.92 Å². The van der Waals surface area contributed by atoms with Crippen molar-refractivity contribution >= 4 is 11.6 Å². The molecular formula is C30H30O2. The molecule has 2 heteroatoms. The van der Waals surface area contributed by atoms with Gasteiger partial charge in [-0.15, -0.1) is 0 Å². The summed E-state index contributed by atoms with van der Waals surface area (Å²) in [4.78, 5) is 25.1. The lowest BCUT2D eigenvalue weighted by Gasteiger charge is -2.33. The number of rotatable bonds is 5. The van der Waals surface area contributed by atoms with E-state index < -0.39 is 0 Å². The molecule has 0 saturated heterocycles. The highest BCUT2D eigenvalue weighted by molar-refractivity contribution is 6.19. The standard InChI is InChI=1S/C30H30O2/c1-18-4-7-24-16-25(11-10-23(24)14-18)28(31)13-6-21-5-8-22-9-12-26(17-27(22)15-21)29-19(2)20(3)30(29)32/h5,8,10-11,15-16,26H,1,3-4,6-7,9,12-14,17H2,2H3. The molecule has 3 aliphatic carbocycles. The van der Waals surface area contributed by atoms with Gasteiger partial charge in [0.15, 0.2) is 11.6 Å². The number of carbonyl (C=O) groups excluding carboxylic acids is 2. The molecule has 2 nitrogen and oxygen atoms in total. The summed E-state index contributed by atoms with van der Waals surface area (Å²) >= 11 is 0. The summed E-state index contributed by atoms with van der Waals surface area (Å²) in [6.07, 6.45) is 7.19. The van der Waals surface area contributed by atoms with Gasteiger partial charge in [0.2, 0.25) is 0 Å². The fraction of sp³-hybridized carbons (Fsp3) is 0.333. The minimum Gasteiger partial charge on any atom is -0.294 e. The Morgan fingerprint density at radius 1 is 0.969 bits per heavy atom. The van der Waals surface area contributed by atoms with Crippen LogP contribution < -0.4 is 0 Å². The number of Topliss-reactive ketones (excluding diaryl/α,β-unsaturated/α-hetero) is 2. The second-order valence-electron chi connectivity index (χ2n) is 9.72. The van der Waals surface area contributed by atoms with E-state index in [0.717, 1.165) is 61.7 Å². The van der Waals surface area contributed by atoms with Gasteiger partial charge in [-0.2, -0.15) is 0 Å². The van der Waals surface area contributed by atoms with Crippen molar-refractivity contribution in [1.29, 1.82) is 0 Å².